The second-order valence-corrected chi connectivity index (χ2v) is 12.2. The highest BCUT2D eigenvalue weighted by Crippen LogP contribution is 2.32. The number of nitrogens with zero attached hydrogens (tertiary/aromatic N) is 1. The van der Waals surface area contributed by atoms with Crippen LogP contribution in [0.15, 0.2) is 102 Å². The Balaban J connectivity index is 1.20. The first-order valence-electron chi connectivity index (χ1n) is 13.5. The van der Waals surface area contributed by atoms with Crippen molar-refractivity contribution >= 4 is 50.8 Å². The Hall–Kier alpha value is -4.80. The summed E-state index contributed by atoms with van der Waals surface area (Å²) in [6.45, 7) is 1.22. The molecule has 0 aromatic heterocycles. The van der Waals surface area contributed by atoms with Gasteiger partial charge in [-0.2, -0.15) is 8.42 Å². The minimum absolute atomic E-state index is 0.00537. The summed E-state index contributed by atoms with van der Waals surface area (Å²) in [5.41, 5.74) is 2.04. The maximum absolute atomic E-state index is 13.2. The SMILES string of the molecule is Cc1ccc(S(=O)(=O)Oc2ccc(C(=O)COC(=O)[C@@H]3CC(=O)N(c4ccc(Cl)cc4C(=O)c4ccccc4)C3)cc2)cc1. The number of hydrogen-bond donors (Lipinski definition) is 0. The van der Waals surface area contributed by atoms with Gasteiger partial charge in [-0.1, -0.05) is 59.6 Å². The maximum Gasteiger partial charge on any atom is 0.339 e. The van der Waals surface area contributed by atoms with Crippen LogP contribution >= 0.6 is 11.6 Å². The number of Topliss-reactive ketones (excluding diaryl/α,β-unsaturated/α-hetero) is 1. The smallest absolute Gasteiger partial charge is 0.339 e. The number of anilines is 1. The summed E-state index contributed by atoms with van der Waals surface area (Å²) < 4.78 is 35.4. The van der Waals surface area contributed by atoms with Gasteiger partial charge in [0.15, 0.2) is 18.2 Å². The van der Waals surface area contributed by atoms with Crippen molar-refractivity contribution in [2.75, 3.05) is 18.1 Å². The third-order valence-electron chi connectivity index (χ3n) is 7.03. The van der Waals surface area contributed by atoms with Gasteiger partial charge in [0.05, 0.1) is 11.6 Å². The van der Waals surface area contributed by atoms with Crippen molar-refractivity contribution in [3.63, 3.8) is 0 Å². The minimum atomic E-state index is -4.06. The molecule has 1 saturated heterocycles. The van der Waals surface area contributed by atoms with Crippen LogP contribution in [-0.4, -0.2) is 45.0 Å². The third kappa shape index (κ3) is 6.88. The van der Waals surface area contributed by atoms with Crippen molar-refractivity contribution in [1.82, 2.24) is 0 Å². The molecular weight excluding hydrogens is 606 g/mol. The monoisotopic (exact) mass is 631 g/mol. The zero-order chi connectivity index (χ0) is 31.4. The fourth-order valence-corrected chi connectivity index (χ4v) is 5.79. The van der Waals surface area contributed by atoms with Crippen LogP contribution in [0.3, 0.4) is 0 Å². The summed E-state index contributed by atoms with van der Waals surface area (Å²) in [5, 5.41) is 0.321. The zero-order valence-electron chi connectivity index (χ0n) is 23.4. The van der Waals surface area contributed by atoms with Crippen molar-refractivity contribution < 1.29 is 36.5 Å². The van der Waals surface area contributed by atoms with E-state index in [0.717, 1.165) is 5.56 Å². The molecule has 1 atom stereocenters. The van der Waals surface area contributed by atoms with Gasteiger partial charge in [-0.15, -0.1) is 0 Å². The highest BCUT2D eigenvalue weighted by molar-refractivity contribution is 7.87. The number of carbonyl (C=O) groups excluding carboxylic acids is 4. The largest absolute Gasteiger partial charge is 0.457 e. The summed E-state index contributed by atoms with van der Waals surface area (Å²) in [5.74, 6) is -2.80. The second kappa shape index (κ2) is 12.8. The molecule has 0 spiro atoms. The third-order valence-corrected chi connectivity index (χ3v) is 8.52. The standard InChI is InChI=1S/C33H26ClNO8S/c1-21-7-14-27(15-8-21)44(40,41)43-26-12-9-22(10-13-26)30(36)20-42-33(39)24-17-31(37)35(19-24)29-16-11-25(34)18-28(29)32(38)23-5-3-2-4-6-23/h2-16,18,24H,17,19-20H2,1H3/t24-/m1/s1. The lowest BCUT2D eigenvalue weighted by Crippen LogP contribution is -2.28. The van der Waals surface area contributed by atoms with E-state index in [4.69, 9.17) is 20.5 Å². The molecule has 9 nitrogen and oxygen atoms in total. The molecule has 0 aliphatic carbocycles. The summed E-state index contributed by atoms with van der Waals surface area (Å²) >= 11 is 6.16. The molecular formula is C33H26ClNO8S. The Bertz CT molecular complexity index is 1840. The van der Waals surface area contributed by atoms with E-state index < -0.39 is 34.4 Å². The number of ether oxygens (including phenoxy) is 1. The molecule has 4 aromatic carbocycles. The molecule has 0 bridgehead atoms. The van der Waals surface area contributed by atoms with Crippen LogP contribution in [0, 0.1) is 12.8 Å². The number of hydrogen-bond acceptors (Lipinski definition) is 8. The molecule has 1 aliphatic heterocycles. The van der Waals surface area contributed by atoms with Crippen LogP contribution < -0.4 is 9.08 Å². The lowest BCUT2D eigenvalue weighted by molar-refractivity contribution is -0.147. The van der Waals surface area contributed by atoms with Gasteiger partial charge >= 0.3 is 16.1 Å². The van der Waals surface area contributed by atoms with Gasteiger partial charge in [-0.05, 0) is 61.5 Å². The highest BCUT2D eigenvalue weighted by Gasteiger charge is 2.38. The van der Waals surface area contributed by atoms with Gasteiger partial charge in [-0.25, -0.2) is 0 Å². The van der Waals surface area contributed by atoms with E-state index in [-0.39, 0.29) is 46.4 Å². The molecule has 1 amide bonds. The lowest BCUT2D eigenvalue weighted by Gasteiger charge is -2.20. The van der Waals surface area contributed by atoms with Crippen LogP contribution in [0.2, 0.25) is 5.02 Å². The number of rotatable bonds is 10. The molecule has 1 aliphatic rings. The first-order chi connectivity index (χ1) is 21.0. The number of esters is 1. The van der Waals surface area contributed by atoms with E-state index in [1.165, 1.54) is 47.4 Å². The summed E-state index contributed by atoms with van der Waals surface area (Å²) in [6.07, 6.45) is -0.157. The Morgan fingerprint density at radius 2 is 1.57 bits per heavy atom. The van der Waals surface area contributed by atoms with Gasteiger partial charge in [0.1, 0.15) is 10.6 Å². The molecule has 11 heteroatoms. The van der Waals surface area contributed by atoms with Crippen LogP contribution in [0.1, 0.15) is 38.3 Å². The molecule has 5 rings (SSSR count). The van der Waals surface area contributed by atoms with Crippen molar-refractivity contribution in [3.05, 3.63) is 124 Å². The lowest BCUT2D eigenvalue weighted by atomic mass is 10.0. The van der Waals surface area contributed by atoms with Crippen LogP contribution in [0.5, 0.6) is 5.75 Å². The predicted octanol–water partition coefficient (Wildman–Crippen LogP) is 5.43. The van der Waals surface area contributed by atoms with Crippen LogP contribution in [0.25, 0.3) is 0 Å². The Kier molecular flexibility index (Phi) is 8.93. The van der Waals surface area contributed by atoms with Crippen LogP contribution in [-0.2, 0) is 24.4 Å². The number of aryl methyl sites for hydroxylation is 1. The van der Waals surface area contributed by atoms with Crippen LogP contribution in [0.4, 0.5) is 5.69 Å². The highest BCUT2D eigenvalue weighted by atomic mass is 35.5. The van der Waals surface area contributed by atoms with Gasteiger partial charge in [0.25, 0.3) is 0 Å². The topological polar surface area (TPSA) is 124 Å². The van der Waals surface area contributed by atoms with Gasteiger partial charge in [-0.3, -0.25) is 19.2 Å². The fourth-order valence-electron chi connectivity index (χ4n) is 4.68. The number of carbonyl (C=O) groups is 4. The average molecular weight is 632 g/mol. The number of amides is 1. The summed E-state index contributed by atoms with van der Waals surface area (Å²) in [7, 11) is -4.06. The quantitative estimate of drug-likeness (QED) is 0.129. The Morgan fingerprint density at radius 3 is 2.25 bits per heavy atom. The Morgan fingerprint density at radius 1 is 0.886 bits per heavy atom. The van der Waals surface area contributed by atoms with E-state index in [1.54, 1.807) is 54.6 Å². The molecule has 1 heterocycles. The van der Waals surface area contributed by atoms with Crippen molar-refractivity contribution in [2.24, 2.45) is 5.92 Å². The predicted molar refractivity (Wildman–Crippen MR) is 163 cm³/mol. The molecule has 0 saturated carbocycles. The first kappa shape index (κ1) is 30.7. The van der Waals surface area contributed by atoms with E-state index in [0.29, 0.717) is 16.3 Å². The van der Waals surface area contributed by atoms with Crippen molar-refractivity contribution in [2.45, 2.75) is 18.2 Å². The number of halogens is 1. The molecule has 0 N–H and O–H groups in total. The van der Waals surface area contributed by atoms with E-state index in [2.05, 4.69) is 0 Å². The number of benzene rings is 4. The molecule has 4 aromatic rings. The molecule has 1 fully saturated rings. The van der Waals surface area contributed by atoms with E-state index >= 15 is 0 Å². The van der Waals surface area contributed by atoms with Gasteiger partial charge in [0.2, 0.25) is 5.91 Å². The first-order valence-corrected chi connectivity index (χ1v) is 15.3. The molecule has 44 heavy (non-hydrogen) atoms. The minimum Gasteiger partial charge on any atom is -0.457 e. The van der Waals surface area contributed by atoms with Crippen molar-refractivity contribution in [3.8, 4) is 5.75 Å². The molecule has 0 radical (unpaired) electrons. The average Bonchev–Trinajstić information content (AvgIpc) is 3.41. The van der Waals surface area contributed by atoms with E-state index in [9.17, 15) is 27.6 Å². The normalized spacial score (nSPS) is 14.7. The zero-order valence-corrected chi connectivity index (χ0v) is 25.0. The molecule has 224 valence electrons. The maximum atomic E-state index is 13.2. The van der Waals surface area contributed by atoms with E-state index in [1.807, 2.05) is 6.92 Å². The summed E-state index contributed by atoms with van der Waals surface area (Å²) in [6, 6.07) is 24.7. The number of ketones is 2. The summed E-state index contributed by atoms with van der Waals surface area (Å²) in [4.78, 5) is 53.0. The van der Waals surface area contributed by atoms with Gasteiger partial charge in [0, 0.05) is 34.7 Å². The van der Waals surface area contributed by atoms with Gasteiger partial charge < -0.3 is 13.8 Å². The Labute approximate surface area is 259 Å². The fraction of sp³-hybridized carbons (Fsp3) is 0.152. The second-order valence-electron chi connectivity index (χ2n) is 10.2. The van der Waals surface area contributed by atoms with Crippen molar-refractivity contribution in [1.29, 1.82) is 0 Å². The molecule has 0 unspecified atom stereocenters.